The number of imidazole rings is 1. The fourth-order valence-corrected chi connectivity index (χ4v) is 7.04. The van der Waals surface area contributed by atoms with Crippen molar-refractivity contribution in [2.75, 3.05) is 26.8 Å². The third-order valence-electron chi connectivity index (χ3n) is 8.75. The van der Waals surface area contributed by atoms with Gasteiger partial charge in [-0.15, -0.1) is 5.10 Å². The third-order valence-corrected chi connectivity index (χ3v) is 14.3. The Balaban J connectivity index is 1.54. The normalized spacial score (nSPS) is 13.9. The molecule has 0 saturated carbocycles. The molecule has 11 nitrogen and oxygen atoms in total. The average molecular weight is 763 g/mol. The van der Waals surface area contributed by atoms with Crippen molar-refractivity contribution in [2.45, 2.75) is 92.2 Å². The molecule has 4 aromatic heterocycles. The van der Waals surface area contributed by atoms with Crippen LogP contribution >= 0.6 is 22.6 Å². The van der Waals surface area contributed by atoms with Gasteiger partial charge in [0.1, 0.15) is 11.9 Å². The van der Waals surface area contributed by atoms with Gasteiger partial charge in [0.05, 0.1) is 62.9 Å². The highest BCUT2D eigenvalue weighted by Crippen LogP contribution is 2.38. The first-order chi connectivity index (χ1) is 21.5. The molecule has 13 heteroatoms. The summed E-state index contributed by atoms with van der Waals surface area (Å²) in [5, 5.41) is 9.73. The van der Waals surface area contributed by atoms with E-state index in [-0.39, 0.29) is 17.2 Å². The zero-order chi connectivity index (χ0) is 34.1. The molecule has 4 aromatic rings. The van der Waals surface area contributed by atoms with E-state index in [1.807, 2.05) is 44.6 Å². The Morgan fingerprint density at radius 1 is 1.15 bits per heavy atom. The number of aryl methyl sites for hydroxylation is 3. The lowest BCUT2D eigenvalue weighted by atomic mass is 10.2. The number of rotatable bonds is 14. The summed E-state index contributed by atoms with van der Waals surface area (Å²) >= 11 is 2.36. The van der Waals surface area contributed by atoms with Crippen LogP contribution in [0.1, 0.15) is 70.5 Å². The summed E-state index contributed by atoms with van der Waals surface area (Å²) in [7, 11) is 2.11. The predicted molar refractivity (Wildman–Crippen MR) is 195 cm³/mol. The van der Waals surface area contributed by atoms with E-state index in [1.165, 1.54) is 0 Å². The maximum atomic E-state index is 6.62. The van der Waals surface area contributed by atoms with Gasteiger partial charge in [-0.05, 0) is 88.5 Å². The molecule has 0 aliphatic rings. The van der Waals surface area contributed by atoms with Crippen LogP contribution in [0, 0.1) is 17.4 Å². The Labute approximate surface area is 288 Å². The average Bonchev–Trinajstić information content (AvgIpc) is 3.60. The van der Waals surface area contributed by atoms with E-state index in [9.17, 15) is 0 Å². The van der Waals surface area contributed by atoms with Gasteiger partial charge in [-0.3, -0.25) is 14.0 Å². The lowest BCUT2D eigenvalue weighted by Crippen LogP contribution is -2.42. The molecule has 4 rings (SSSR count). The number of fused-ring (bicyclic) bond motifs is 1. The number of aromatic nitrogens is 7. The minimum Gasteiger partial charge on any atom is -0.476 e. The number of ether oxygens (including phenoxy) is 2. The Kier molecular flexibility index (Phi) is 11.1. The van der Waals surface area contributed by atoms with E-state index in [1.54, 1.807) is 10.8 Å². The highest BCUT2D eigenvalue weighted by Gasteiger charge is 2.37. The minimum atomic E-state index is -1.90. The zero-order valence-corrected chi connectivity index (χ0v) is 32.8. The summed E-state index contributed by atoms with van der Waals surface area (Å²) in [6, 6.07) is 0.0549. The monoisotopic (exact) mass is 762 g/mol. The standard InChI is InChI=1S/C33H51IN8O3Si/c1-14-28-35-16-26-23(5)36-25(18-41(26)28)29-24(6)37-40(11)32(29)45-22(4)17-39(10)19-27-30(34)31(43-15-2)38-42(27)21(3)20-44-46(12,13)33(7,8)9/h14,16,18,21-22H,1,15,17,19-20H2,2-13H3/t21-,22-/m0/s1. The largest absolute Gasteiger partial charge is 0.476 e. The van der Waals surface area contributed by atoms with Crippen LogP contribution in [0.4, 0.5) is 0 Å². The van der Waals surface area contributed by atoms with E-state index in [0.29, 0.717) is 38.1 Å². The molecule has 0 aromatic carbocycles. The van der Waals surface area contributed by atoms with Crippen LogP contribution in [0.15, 0.2) is 19.0 Å². The molecule has 0 N–H and O–H groups in total. The lowest BCUT2D eigenvalue weighted by Gasteiger charge is -2.37. The molecule has 252 valence electrons. The molecule has 0 radical (unpaired) electrons. The predicted octanol–water partition coefficient (Wildman–Crippen LogP) is 7.07. The van der Waals surface area contributed by atoms with Gasteiger partial charge in [0.15, 0.2) is 8.32 Å². The van der Waals surface area contributed by atoms with Crippen molar-refractivity contribution >= 4 is 42.5 Å². The number of halogens is 1. The van der Waals surface area contributed by atoms with Crippen molar-refractivity contribution in [3.05, 3.63) is 45.4 Å². The molecule has 0 aliphatic carbocycles. The van der Waals surface area contributed by atoms with Gasteiger partial charge in [-0.25, -0.2) is 14.6 Å². The molecule has 0 fully saturated rings. The van der Waals surface area contributed by atoms with E-state index < -0.39 is 8.32 Å². The van der Waals surface area contributed by atoms with Gasteiger partial charge in [0.2, 0.25) is 11.8 Å². The van der Waals surface area contributed by atoms with Crippen LogP contribution in [-0.2, 0) is 18.0 Å². The Morgan fingerprint density at radius 2 is 1.85 bits per heavy atom. The Bertz CT molecular complexity index is 1690. The first-order valence-corrected chi connectivity index (χ1v) is 19.9. The number of likely N-dealkylation sites (N-methyl/N-ethyl adjacent to an activating group) is 1. The summed E-state index contributed by atoms with van der Waals surface area (Å²) in [5.41, 5.74) is 5.42. The van der Waals surface area contributed by atoms with E-state index in [4.69, 9.17) is 29.1 Å². The smallest absolute Gasteiger partial charge is 0.246 e. The van der Waals surface area contributed by atoms with Crippen LogP contribution in [0.25, 0.3) is 22.9 Å². The molecule has 0 unspecified atom stereocenters. The first kappa shape index (κ1) is 36.1. The van der Waals surface area contributed by atoms with Crippen molar-refractivity contribution < 1.29 is 13.9 Å². The molecule has 46 heavy (non-hydrogen) atoms. The van der Waals surface area contributed by atoms with Crippen LogP contribution < -0.4 is 9.47 Å². The summed E-state index contributed by atoms with van der Waals surface area (Å²) in [6.07, 6.45) is 5.41. The topological polar surface area (TPSA) is 96.8 Å². The SMILES string of the molecule is C=Cc1ncc2c(C)nc(-c3c(C)nn(C)c3O[C@@H](C)CN(C)Cc3c(I)c(OCC)nn3[C@@H](C)CO[Si](C)(C)C(C)(C)C)cn12. The molecule has 0 spiro atoms. The molecule has 0 saturated heterocycles. The minimum absolute atomic E-state index is 0.0549. The Morgan fingerprint density at radius 3 is 2.48 bits per heavy atom. The quantitative estimate of drug-likeness (QED) is 0.0995. The van der Waals surface area contributed by atoms with Crippen molar-refractivity contribution in [2.24, 2.45) is 7.05 Å². The molecule has 2 atom stereocenters. The molecular formula is C33H51IN8O3Si. The van der Waals surface area contributed by atoms with E-state index in [0.717, 1.165) is 43.3 Å². The van der Waals surface area contributed by atoms with Crippen molar-refractivity contribution in [3.63, 3.8) is 0 Å². The molecule has 4 heterocycles. The second kappa shape index (κ2) is 14.2. The summed E-state index contributed by atoms with van der Waals surface area (Å²) in [6.45, 7) is 28.0. The van der Waals surface area contributed by atoms with Gasteiger partial charge >= 0.3 is 0 Å². The second-order valence-electron chi connectivity index (χ2n) is 13.7. The molecular weight excluding hydrogens is 711 g/mol. The summed E-state index contributed by atoms with van der Waals surface area (Å²) < 4.78 is 26.0. The number of nitrogens with zero attached hydrogens (tertiary/aromatic N) is 8. The third kappa shape index (κ3) is 7.52. The number of hydrogen-bond acceptors (Lipinski definition) is 8. The number of hydrogen-bond donors (Lipinski definition) is 0. The first-order valence-electron chi connectivity index (χ1n) is 15.9. The van der Waals surface area contributed by atoms with E-state index >= 15 is 0 Å². The van der Waals surface area contributed by atoms with Gasteiger partial charge in [0, 0.05) is 26.3 Å². The summed E-state index contributed by atoms with van der Waals surface area (Å²) in [4.78, 5) is 11.6. The zero-order valence-electron chi connectivity index (χ0n) is 29.6. The fourth-order valence-electron chi connectivity index (χ4n) is 5.27. The van der Waals surface area contributed by atoms with Crippen molar-refractivity contribution in [3.8, 4) is 23.0 Å². The maximum absolute atomic E-state index is 6.62. The molecule has 0 aliphatic heterocycles. The molecule has 0 bridgehead atoms. The Hall–Kier alpha value is -2.75. The van der Waals surface area contributed by atoms with Crippen LogP contribution in [0.5, 0.6) is 11.8 Å². The fraction of sp³-hybridized carbons (Fsp3) is 0.576. The highest BCUT2D eigenvalue weighted by molar-refractivity contribution is 14.1. The summed E-state index contributed by atoms with van der Waals surface area (Å²) in [5.74, 6) is 2.12. The van der Waals surface area contributed by atoms with Crippen molar-refractivity contribution in [1.82, 2.24) is 38.8 Å². The second-order valence-corrected chi connectivity index (χ2v) is 19.6. The molecule has 0 amide bonds. The van der Waals surface area contributed by atoms with Gasteiger partial charge in [0.25, 0.3) is 0 Å². The lowest BCUT2D eigenvalue weighted by molar-refractivity contribution is 0.145. The highest BCUT2D eigenvalue weighted by atomic mass is 127. The van der Waals surface area contributed by atoms with Crippen LogP contribution in [0.3, 0.4) is 0 Å². The van der Waals surface area contributed by atoms with E-state index in [2.05, 4.69) is 98.5 Å². The maximum Gasteiger partial charge on any atom is 0.246 e. The van der Waals surface area contributed by atoms with Crippen molar-refractivity contribution in [1.29, 1.82) is 0 Å². The van der Waals surface area contributed by atoms with Gasteiger partial charge in [-0.2, -0.15) is 5.10 Å². The van der Waals surface area contributed by atoms with Crippen LogP contribution in [0.2, 0.25) is 18.1 Å². The van der Waals surface area contributed by atoms with Crippen LogP contribution in [-0.4, -0.2) is 80.1 Å². The van der Waals surface area contributed by atoms with Gasteiger partial charge < -0.3 is 13.9 Å². The van der Waals surface area contributed by atoms with Gasteiger partial charge in [-0.1, -0.05) is 27.4 Å².